The van der Waals surface area contributed by atoms with Crippen LogP contribution in [0, 0.1) is 0 Å². The fraction of sp³-hybridized carbons (Fsp3) is 0.556. The van der Waals surface area contributed by atoms with E-state index in [4.69, 9.17) is 0 Å². The van der Waals surface area contributed by atoms with E-state index >= 15 is 0 Å². The molecule has 0 bridgehead atoms. The number of nitrogens with zero attached hydrogens (tertiary/aromatic N) is 2. The van der Waals surface area contributed by atoms with E-state index in [0.717, 1.165) is 19.3 Å². The smallest absolute Gasteiger partial charge is 0.131 e. The SMILES string of the molecule is CCCCC(O)Nc1ccncn1. The fourth-order valence-corrected chi connectivity index (χ4v) is 1.02. The van der Waals surface area contributed by atoms with Gasteiger partial charge in [0.05, 0.1) is 0 Å². The van der Waals surface area contributed by atoms with E-state index in [1.165, 1.54) is 6.33 Å². The van der Waals surface area contributed by atoms with Gasteiger partial charge in [0.25, 0.3) is 0 Å². The van der Waals surface area contributed by atoms with Gasteiger partial charge in [-0.05, 0) is 18.9 Å². The fourth-order valence-electron chi connectivity index (χ4n) is 1.02. The van der Waals surface area contributed by atoms with Crippen molar-refractivity contribution >= 4 is 5.82 Å². The molecule has 0 saturated carbocycles. The molecule has 0 saturated heterocycles. The lowest BCUT2D eigenvalue weighted by Gasteiger charge is -2.11. The van der Waals surface area contributed by atoms with E-state index < -0.39 is 6.23 Å². The first-order chi connectivity index (χ1) is 6.33. The van der Waals surface area contributed by atoms with Crippen LogP contribution in [0.25, 0.3) is 0 Å². The Kier molecular flexibility index (Phi) is 4.18. The van der Waals surface area contributed by atoms with Gasteiger partial charge >= 0.3 is 0 Å². The van der Waals surface area contributed by atoms with Crippen molar-refractivity contribution in [2.24, 2.45) is 0 Å². The highest BCUT2D eigenvalue weighted by atomic mass is 16.3. The highest BCUT2D eigenvalue weighted by Gasteiger charge is 2.02. The molecule has 0 radical (unpaired) electrons. The van der Waals surface area contributed by atoms with Crippen molar-refractivity contribution < 1.29 is 5.11 Å². The van der Waals surface area contributed by atoms with Crippen molar-refractivity contribution in [2.45, 2.75) is 32.4 Å². The van der Waals surface area contributed by atoms with E-state index in [1.807, 2.05) is 0 Å². The zero-order valence-electron chi connectivity index (χ0n) is 7.77. The second-order valence-corrected chi connectivity index (χ2v) is 2.90. The van der Waals surface area contributed by atoms with Crippen LogP contribution in [0.2, 0.25) is 0 Å². The van der Waals surface area contributed by atoms with Crippen molar-refractivity contribution in [2.75, 3.05) is 5.32 Å². The van der Waals surface area contributed by atoms with Gasteiger partial charge < -0.3 is 10.4 Å². The normalized spacial score (nSPS) is 12.5. The first-order valence-corrected chi connectivity index (χ1v) is 4.53. The summed E-state index contributed by atoms with van der Waals surface area (Å²) in [7, 11) is 0. The number of hydrogen-bond acceptors (Lipinski definition) is 4. The maximum Gasteiger partial charge on any atom is 0.131 e. The van der Waals surface area contributed by atoms with Crippen molar-refractivity contribution in [3.8, 4) is 0 Å². The first-order valence-electron chi connectivity index (χ1n) is 4.53. The second kappa shape index (κ2) is 5.48. The molecule has 1 rings (SSSR count). The molecular weight excluding hydrogens is 166 g/mol. The van der Waals surface area contributed by atoms with Gasteiger partial charge in [0.15, 0.2) is 0 Å². The molecular formula is C9H15N3O. The Bertz CT molecular complexity index is 228. The average Bonchev–Trinajstić information content (AvgIpc) is 2.16. The van der Waals surface area contributed by atoms with Crippen LogP contribution >= 0.6 is 0 Å². The molecule has 13 heavy (non-hydrogen) atoms. The van der Waals surface area contributed by atoms with Gasteiger partial charge in [0.1, 0.15) is 18.4 Å². The quantitative estimate of drug-likeness (QED) is 0.674. The third-order valence-corrected chi connectivity index (χ3v) is 1.73. The number of aromatic nitrogens is 2. The van der Waals surface area contributed by atoms with Gasteiger partial charge in [-0.2, -0.15) is 0 Å². The van der Waals surface area contributed by atoms with Gasteiger partial charge in [-0.3, -0.25) is 0 Å². The molecule has 1 aromatic rings. The lowest BCUT2D eigenvalue weighted by Crippen LogP contribution is -2.18. The number of hydrogen-bond donors (Lipinski definition) is 2. The Balaban J connectivity index is 2.32. The van der Waals surface area contributed by atoms with Crippen molar-refractivity contribution in [1.29, 1.82) is 0 Å². The number of aliphatic hydroxyl groups excluding tert-OH is 1. The van der Waals surface area contributed by atoms with E-state index in [9.17, 15) is 5.11 Å². The van der Waals surface area contributed by atoms with E-state index in [2.05, 4.69) is 22.2 Å². The lowest BCUT2D eigenvalue weighted by molar-refractivity contribution is 0.189. The van der Waals surface area contributed by atoms with Crippen molar-refractivity contribution in [1.82, 2.24) is 9.97 Å². The number of anilines is 1. The zero-order valence-corrected chi connectivity index (χ0v) is 7.77. The molecule has 1 aromatic heterocycles. The molecule has 0 aliphatic heterocycles. The van der Waals surface area contributed by atoms with Gasteiger partial charge in [0.2, 0.25) is 0 Å². The Hall–Kier alpha value is -1.16. The standard InChI is InChI=1S/C9H15N3O/c1-2-3-4-9(13)12-8-5-6-10-7-11-8/h5-7,9,13H,2-4H2,1H3,(H,10,11,12). The molecule has 0 amide bonds. The van der Waals surface area contributed by atoms with Crippen LogP contribution in [0.3, 0.4) is 0 Å². The molecule has 1 unspecified atom stereocenters. The summed E-state index contributed by atoms with van der Waals surface area (Å²) in [6.07, 6.45) is 5.44. The molecule has 1 atom stereocenters. The van der Waals surface area contributed by atoms with Gasteiger partial charge in [-0.15, -0.1) is 0 Å². The van der Waals surface area contributed by atoms with Crippen molar-refractivity contribution in [3.63, 3.8) is 0 Å². The largest absolute Gasteiger partial charge is 0.374 e. The molecule has 0 aromatic carbocycles. The third-order valence-electron chi connectivity index (χ3n) is 1.73. The van der Waals surface area contributed by atoms with Crippen LogP contribution in [-0.2, 0) is 0 Å². The summed E-state index contributed by atoms with van der Waals surface area (Å²) in [5, 5.41) is 12.3. The first kappa shape index (κ1) is 9.92. The molecule has 4 heteroatoms. The second-order valence-electron chi connectivity index (χ2n) is 2.90. The highest BCUT2D eigenvalue weighted by Crippen LogP contribution is 2.04. The predicted molar refractivity (Wildman–Crippen MR) is 51.2 cm³/mol. The molecule has 72 valence electrons. The Labute approximate surface area is 78.0 Å². The molecule has 0 fully saturated rings. The monoisotopic (exact) mass is 181 g/mol. The Morgan fingerprint density at radius 1 is 1.62 bits per heavy atom. The Morgan fingerprint density at radius 3 is 3.08 bits per heavy atom. The zero-order chi connectivity index (χ0) is 9.52. The van der Waals surface area contributed by atoms with E-state index in [0.29, 0.717) is 5.82 Å². The van der Waals surface area contributed by atoms with Gasteiger partial charge in [0, 0.05) is 6.20 Å². The van der Waals surface area contributed by atoms with Crippen molar-refractivity contribution in [3.05, 3.63) is 18.6 Å². The highest BCUT2D eigenvalue weighted by molar-refractivity contribution is 5.31. The summed E-state index contributed by atoms with van der Waals surface area (Å²) in [5.74, 6) is 0.665. The molecule has 0 spiro atoms. The lowest BCUT2D eigenvalue weighted by atomic mass is 10.2. The summed E-state index contributed by atoms with van der Waals surface area (Å²) in [6.45, 7) is 2.09. The minimum absolute atomic E-state index is 0.505. The maximum atomic E-state index is 9.46. The molecule has 4 nitrogen and oxygen atoms in total. The maximum absolute atomic E-state index is 9.46. The average molecular weight is 181 g/mol. The number of rotatable bonds is 5. The van der Waals surface area contributed by atoms with Crippen LogP contribution in [0.1, 0.15) is 26.2 Å². The summed E-state index contributed by atoms with van der Waals surface area (Å²) in [4.78, 5) is 7.73. The summed E-state index contributed by atoms with van der Waals surface area (Å²) >= 11 is 0. The van der Waals surface area contributed by atoms with Crippen LogP contribution in [0.5, 0.6) is 0 Å². The molecule has 2 N–H and O–H groups in total. The number of nitrogens with one attached hydrogen (secondary N) is 1. The summed E-state index contributed by atoms with van der Waals surface area (Å²) < 4.78 is 0. The molecule has 1 heterocycles. The number of unbranched alkanes of at least 4 members (excludes halogenated alkanes) is 1. The van der Waals surface area contributed by atoms with Gasteiger partial charge in [-0.1, -0.05) is 13.3 Å². The molecule has 0 aliphatic carbocycles. The summed E-state index contributed by atoms with van der Waals surface area (Å²) in [5.41, 5.74) is 0. The minimum Gasteiger partial charge on any atom is -0.374 e. The van der Waals surface area contributed by atoms with Crippen LogP contribution in [0.15, 0.2) is 18.6 Å². The minimum atomic E-state index is -0.505. The van der Waals surface area contributed by atoms with Crippen LogP contribution < -0.4 is 5.32 Å². The topological polar surface area (TPSA) is 58.0 Å². The third kappa shape index (κ3) is 3.85. The molecule has 0 aliphatic rings. The van der Waals surface area contributed by atoms with E-state index in [-0.39, 0.29) is 0 Å². The van der Waals surface area contributed by atoms with Crippen LogP contribution in [0.4, 0.5) is 5.82 Å². The Morgan fingerprint density at radius 2 is 2.46 bits per heavy atom. The summed E-state index contributed by atoms with van der Waals surface area (Å²) in [6, 6.07) is 1.73. The van der Waals surface area contributed by atoms with E-state index in [1.54, 1.807) is 12.3 Å². The van der Waals surface area contributed by atoms with Gasteiger partial charge in [-0.25, -0.2) is 9.97 Å². The number of aliphatic hydroxyl groups is 1. The predicted octanol–water partition coefficient (Wildman–Crippen LogP) is 1.40. The van der Waals surface area contributed by atoms with Crippen LogP contribution in [-0.4, -0.2) is 21.3 Å².